The van der Waals surface area contributed by atoms with Crippen molar-refractivity contribution in [1.29, 1.82) is 0 Å². The number of anilines is 1. The van der Waals surface area contributed by atoms with Crippen molar-refractivity contribution < 1.29 is 19.1 Å². The monoisotopic (exact) mass is 368 g/mol. The molecule has 27 heavy (non-hydrogen) atoms. The molecule has 2 amide bonds. The first-order chi connectivity index (χ1) is 12.9. The third kappa shape index (κ3) is 4.05. The van der Waals surface area contributed by atoms with Gasteiger partial charge in [-0.05, 0) is 49.6 Å². The van der Waals surface area contributed by atoms with Crippen LogP contribution in [0.5, 0.6) is 11.5 Å². The Morgan fingerprint density at radius 1 is 1.04 bits per heavy atom. The van der Waals surface area contributed by atoms with Gasteiger partial charge in [-0.3, -0.25) is 9.59 Å². The zero-order valence-corrected chi connectivity index (χ0v) is 15.8. The second kappa shape index (κ2) is 7.70. The van der Waals surface area contributed by atoms with Crippen molar-refractivity contribution in [2.24, 2.45) is 5.41 Å². The zero-order chi connectivity index (χ0) is 19.4. The van der Waals surface area contributed by atoms with Crippen molar-refractivity contribution in [1.82, 2.24) is 5.32 Å². The molecule has 0 saturated carbocycles. The summed E-state index contributed by atoms with van der Waals surface area (Å²) in [5, 5.41) is 5.71. The van der Waals surface area contributed by atoms with E-state index in [1.54, 1.807) is 13.8 Å². The number of hydrogen-bond acceptors (Lipinski definition) is 4. The van der Waals surface area contributed by atoms with Crippen LogP contribution in [0.3, 0.4) is 0 Å². The number of rotatable bonds is 6. The van der Waals surface area contributed by atoms with Gasteiger partial charge in [0.05, 0.1) is 0 Å². The zero-order valence-electron chi connectivity index (χ0n) is 15.8. The Morgan fingerprint density at radius 3 is 2.56 bits per heavy atom. The van der Waals surface area contributed by atoms with E-state index in [4.69, 9.17) is 9.47 Å². The largest absolute Gasteiger partial charge is 0.454 e. The quantitative estimate of drug-likeness (QED) is 0.768. The van der Waals surface area contributed by atoms with Gasteiger partial charge in [-0.2, -0.15) is 0 Å². The van der Waals surface area contributed by atoms with Crippen LogP contribution in [0.25, 0.3) is 0 Å². The van der Waals surface area contributed by atoms with E-state index in [0.717, 1.165) is 23.2 Å². The topological polar surface area (TPSA) is 76.7 Å². The predicted octanol–water partition coefficient (Wildman–Crippen LogP) is 3.26. The highest BCUT2D eigenvalue weighted by atomic mass is 16.7. The van der Waals surface area contributed by atoms with Gasteiger partial charge < -0.3 is 20.1 Å². The third-order valence-corrected chi connectivity index (χ3v) is 4.67. The van der Waals surface area contributed by atoms with Crippen LogP contribution < -0.4 is 20.1 Å². The molecule has 142 valence electrons. The van der Waals surface area contributed by atoms with Gasteiger partial charge in [0.25, 0.3) is 0 Å². The molecule has 2 N–H and O–H groups in total. The third-order valence-electron chi connectivity index (χ3n) is 4.67. The van der Waals surface area contributed by atoms with Crippen LogP contribution in [0.1, 0.15) is 31.9 Å². The molecular weight excluding hydrogens is 344 g/mol. The molecule has 3 rings (SSSR count). The maximum atomic E-state index is 12.7. The Morgan fingerprint density at radius 2 is 1.78 bits per heavy atom. The Balaban J connectivity index is 1.63. The maximum absolute atomic E-state index is 12.7. The number of aryl methyl sites for hydroxylation is 1. The summed E-state index contributed by atoms with van der Waals surface area (Å²) in [6.45, 7) is 5.77. The maximum Gasteiger partial charge on any atom is 0.239 e. The second-order valence-electron chi connectivity index (χ2n) is 6.96. The molecule has 1 aliphatic rings. The first kappa shape index (κ1) is 18.8. The molecule has 6 nitrogen and oxygen atoms in total. The van der Waals surface area contributed by atoms with E-state index in [1.807, 2.05) is 49.4 Å². The average molecular weight is 368 g/mol. The summed E-state index contributed by atoms with van der Waals surface area (Å²) in [5.74, 6) is 0.674. The van der Waals surface area contributed by atoms with Crippen molar-refractivity contribution in [3.8, 4) is 11.5 Å². The Kier molecular flexibility index (Phi) is 5.35. The van der Waals surface area contributed by atoms with Crippen LogP contribution in [0.15, 0.2) is 42.5 Å². The number of ether oxygens (including phenoxy) is 2. The van der Waals surface area contributed by atoms with Crippen LogP contribution >= 0.6 is 0 Å². The van der Waals surface area contributed by atoms with Crippen molar-refractivity contribution in [2.45, 2.75) is 33.7 Å². The standard InChI is InChI=1S/C21H24N2O4/c1-4-15-7-5-6-8-16(15)23-20(25)21(2,3)19(24)22-12-14-9-10-17-18(11-14)27-13-26-17/h5-11H,4,12-13H2,1-3H3,(H,22,24)(H,23,25). The van der Waals surface area contributed by atoms with E-state index >= 15 is 0 Å². The van der Waals surface area contributed by atoms with Gasteiger partial charge in [-0.15, -0.1) is 0 Å². The summed E-state index contributed by atoms with van der Waals surface area (Å²) in [4.78, 5) is 25.3. The van der Waals surface area contributed by atoms with Crippen molar-refractivity contribution in [3.63, 3.8) is 0 Å². The highest BCUT2D eigenvalue weighted by molar-refractivity contribution is 6.10. The first-order valence-corrected chi connectivity index (χ1v) is 8.98. The molecular formula is C21H24N2O4. The fraction of sp³-hybridized carbons (Fsp3) is 0.333. The fourth-order valence-corrected chi connectivity index (χ4v) is 2.79. The number of para-hydroxylation sites is 1. The molecule has 0 fully saturated rings. The molecule has 0 bridgehead atoms. The normalized spacial score (nSPS) is 12.6. The molecule has 1 aliphatic heterocycles. The van der Waals surface area contributed by atoms with Gasteiger partial charge in [0.2, 0.25) is 18.6 Å². The smallest absolute Gasteiger partial charge is 0.239 e. The van der Waals surface area contributed by atoms with E-state index < -0.39 is 5.41 Å². The lowest BCUT2D eigenvalue weighted by molar-refractivity contribution is -0.138. The number of amides is 2. The number of nitrogens with one attached hydrogen (secondary N) is 2. The van der Waals surface area contributed by atoms with Crippen molar-refractivity contribution in [3.05, 3.63) is 53.6 Å². The van der Waals surface area contributed by atoms with Crippen LogP contribution in [0.2, 0.25) is 0 Å². The summed E-state index contributed by atoms with van der Waals surface area (Å²) < 4.78 is 10.6. The summed E-state index contributed by atoms with van der Waals surface area (Å²) in [7, 11) is 0. The van der Waals surface area contributed by atoms with Gasteiger partial charge in [-0.25, -0.2) is 0 Å². The van der Waals surface area contributed by atoms with Crippen LogP contribution in [-0.2, 0) is 22.6 Å². The van der Waals surface area contributed by atoms with E-state index in [0.29, 0.717) is 18.0 Å². The molecule has 0 aromatic heterocycles. The summed E-state index contributed by atoms with van der Waals surface area (Å²) in [5.41, 5.74) is 1.43. The second-order valence-corrected chi connectivity index (χ2v) is 6.96. The van der Waals surface area contributed by atoms with Crippen LogP contribution in [-0.4, -0.2) is 18.6 Å². The van der Waals surface area contributed by atoms with Gasteiger partial charge in [0.15, 0.2) is 11.5 Å². The van der Waals surface area contributed by atoms with E-state index in [9.17, 15) is 9.59 Å². The number of hydrogen-bond donors (Lipinski definition) is 2. The molecule has 6 heteroatoms. The first-order valence-electron chi connectivity index (χ1n) is 8.98. The van der Waals surface area contributed by atoms with Crippen LogP contribution in [0.4, 0.5) is 5.69 Å². The number of carbonyl (C=O) groups excluding carboxylic acids is 2. The minimum absolute atomic E-state index is 0.206. The summed E-state index contributed by atoms with van der Waals surface area (Å²) in [6, 6.07) is 13.1. The lowest BCUT2D eigenvalue weighted by Crippen LogP contribution is -2.45. The van der Waals surface area contributed by atoms with Gasteiger partial charge in [0, 0.05) is 12.2 Å². The number of fused-ring (bicyclic) bond motifs is 1. The SMILES string of the molecule is CCc1ccccc1NC(=O)C(C)(C)C(=O)NCc1ccc2c(c1)OCO2. The minimum atomic E-state index is -1.21. The Bertz CT molecular complexity index is 861. The number of carbonyl (C=O) groups is 2. The van der Waals surface area contributed by atoms with E-state index in [1.165, 1.54) is 0 Å². The van der Waals surface area contributed by atoms with Gasteiger partial charge >= 0.3 is 0 Å². The molecule has 0 unspecified atom stereocenters. The fourth-order valence-electron chi connectivity index (χ4n) is 2.79. The molecule has 2 aromatic carbocycles. The average Bonchev–Trinajstić information content (AvgIpc) is 3.14. The molecule has 0 saturated heterocycles. The molecule has 0 atom stereocenters. The van der Waals surface area contributed by atoms with Crippen molar-refractivity contribution >= 4 is 17.5 Å². The lowest BCUT2D eigenvalue weighted by Gasteiger charge is -2.23. The minimum Gasteiger partial charge on any atom is -0.454 e. The molecule has 0 spiro atoms. The molecule has 0 aliphatic carbocycles. The molecule has 0 radical (unpaired) electrons. The van der Waals surface area contributed by atoms with Gasteiger partial charge in [0.1, 0.15) is 5.41 Å². The Hall–Kier alpha value is -3.02. The number of benzene rings is 2. The molecule has 2 aromatic rings. The van der Waals surface area contributed by atoms with Crippen LogP contribution in [0, 0.1) is 5.41 Å². The van der Waals surface area contributed by atoms with Gasteiger partial charge in [-0.1, -0.05) is 31.2 Å². The van der Waals surface area contributed by atoms with E-state index in [-0.39, 0.29) is 18.6 Å². The Labute approximate surface area is 158 Å². The van der Waals surface area contributed by atoms with E-state index in [2.05, 4.69) is 10.6 Å². The molecule has 1 heterocycles. The highest BCUT2D eigenvalue weighted by Gasteiger charge is 2.36. The summed E-state index contributed by atoms with van der Waals surface area (Å²) >= 11 is 0. The predicted molar refractivity (Wildman–Crippen MR) is 103 cm³/mol. The van der Waals surface area contributed by atoms with Crippen molar-refractivity contribution in [2.75, 3.05) is 12.1 Å². The highest BCUT2D eigenvalue weighted by Crippen LogP contribution is 2.32. The summed E-state index contributed by atoms with van der Waals surface area (Å²) in [6.07, 6.45) is 0.799. The lowest BCUT2D eigenvalue weighted by atomic mass is 9.90.